The molecule has 1 unspecified atom stereocenters. The summed E-state index contributed by atoms with van der Waals surface area (Å²) in [5, 5.41) is 0. The first-order chi connectivity index (χ1) is 6.65. The third kappa shape index (κ3) is 2.61. The Hall–Kier alpha value is -1.27. The van der Waals surface area contributed by atoms with Crippen LogP contribution >= 0.6 is 0 Å². The molecule has 3 heteroatoms. The molecule has 0 aliphatic carbocycles. The van der Waals surface area contributed by atoms with E-state index in [1.807, 2.05) is 4.57 Å². The molecule has 1 aromatic heterocycles. The zero-order chi connectivity index (χ0) is 10.6. The van der Waals surface area contributed by atoms with Crippen LogP contribution in [0.2, 0.25) is 0 Å². The first-order valence-electron chi connectivity index (χ1n) is 4.84. The topological polar surface area (TPSA) is 43.8 Å². The van der Waals surface area contributed by atoms with Gasteiger partial charge in [-0.05, 0) is 12.3 Å². The van der Waals surface area contributed by atoms with E-state index in [1.165, 1.54) is 0 Å². The van der Waals surface area contributed by atoms with E-state index in [2.05, 4.69) is 24.8 Å². The van der Waals surface area contributed by atoms with E-state index < -0.39 is 0 Å². The van der Waals surface area contributed by atoms with Crippen molar-refractivity contribution in [2.24, 2.45) is 11.7 Å². The molecule has 1 atom stereocenters. The Morgan fingerprint density at radius 2 is 2.36 bits per heavy atom. The largest absolute Gasteiger partial charge is 0.323 e. The first-order valence-corrected chi connectivity index (χ1v) is 4.84. The molecule has 0 bridgehead atoms. The Labute approximate surface area is 85.3 Å². The fraction of sp³-hybridized carbons (Fsp3) is 0.545. The van der Waals surface area contributed by atoms with Gasteiger partial charge in [0.05, 0.1) is 18.6 Å². The molecule has 0 aromatic carbocycles. The minimum atomic E-state index is 0.0332. The van der Waals surface area contributed by atoms with E-state index in [-0.39, 0.29) is 6.04 Å². The molecule has 0 aliphatic rings. The van der Waals surface area contributed by atoms with Crippen LogP contribution in [0, 0.1) is 18.3 Å². The number of terminal acetylenes is 1. The van der Waals surface area contributed by atoms with Gasteiger partial charge < -0.3 is 10.3 Å². The van der Waals surface area contributed by atoms with E-state index >= 15 is 0 Å². The van der Waals surface area contributed by atoms with Crippen molar-refractivity contribution < 1.29 is 0 Å². The molecule has 0 amide bonds. The number of hydrogen-bond donors (Lipinski definition) is 1. The standard InChI is InChI=1S/C11H17N3/c1-4-5-14-8-13-7-11(14)10(12)6-9(2)3/h1,7-10H,5-6,12H2,2-3H3. The average molecular weight is 191 g/mol. The zero-order valence-electron chi connectivity index (χ0n) is 8.77. The summed E-state index contributed by atoms with van der Waals surface area (Å²) in [6, 6.07) is 0.0332. The monoisotopic (exact) mass is 191 g/mol. The van der Waals surface area contributed by atoms with E-state index in [9.17, 15) is 0 Å². The quantitative estimate of drug-likeness (QED) is 0.734. The summed E-state index contributed by atoms with van der Waals surface area (Å²) in [7, 11) is 0. The van der Waals surface area contributed by atoms with Gasteiger partial charge in [-0.15, -0.1) is 6.42 Å². The van der Waals surface area contributed by atoms with Crippen LogP contribution in [-0.2, 0) is 6.54 Å². The highest BCUT2D eigenvalue weighted by Crippen LogP contribution is 2.17. The lowest BCUT2D eigenvalue weighted by Crippen LogP contribution is -2.17. The second-order valence-electron chi connectivity index (χ2n) is 3.89. The summed E-state index contributed by atoms with van der Waals surface area (Å²) in [5.74, 6) is 3.17. The van der Waals surface area contributed by atoms with Crippen LogP contribution in [0.4, 0.5) is 0 Å². The van der Waals surface area contributed by atoms with Crippen molar-refractivity contribution in [2.75, 3.05) is 0 Å². The summed E-state index contributed by atoms with van der Waals surface area (Å²) >= 11 is 0. The Balaban J connectivity index is 2.74. The predicted molar refractivity (Wildman–Crippen MR) is 57.4 cm³/mol. The third-order valence-electron chi connectivity index (χ3n) is 2.11. The van der Waals surface area contributed by atoms with E-state index in [4.69, 9.17) is 12.2 Å². The maximum absolute atomic E-state index is 6.04. The Kier molecular flexibility index (Phi) is 3.73. The lowest BCUT2D eigenvalue weighted by Gasteiger charge is -2.15. The molecule has 2 N–H and O–H groups in total. The van der Waals surface area contributed by atoms with Crippen molar-refractivity contribution in [3.8, 4) is 12.3 Å². The highest BCUT2D eigenvalue weighted by Gasteiger charge is 2.12. The van der Waals surface area contributed by atoms with Crippen LogP contribution in [0.5, 0.6) is 0 Å². The van der Waals surface area contributed by atoms with Crippen LogP contribution in [0.1, 0.15) is 32.0 Å². The van der Waals surface area contributed by atoms with Crippen LogP contribution in [0.25, 0.3) is 0 Å². The van der Waals surface area contributed by atoms with Gasteiger partial charge in [0.25, 0.3) is 0 Å². The van der Waals surface area contributed by atoms with Crippen molar-refractivity contribution >= 4 is 0 Å². The van der Waals surface area contributed by atoms with Crippen molar-refractivity contribution in [1.82, 2.24) is 9.55 Å². The molecule has 0 saturated carbocycles. The third-order valence-corrected chi connectivity index (χ3v) is 2.11. The summed E-state index contributed by atoms with van der Waals surface area (Å²) < 4.78 is 1.92. The van der Waals surface area contributed by atoms with Crippen LogP contribution in [-0.4, -0.2) is 9.55 Å². The molecule has 1 rings (SSSR count). The molecule has 76 valence electrons. The number of hydrogen-bond acceptors (Lipinski definition) is 2. The first kappa shape index (κ1) is 10.8. The fourth-order valence-corrected chi connectivity index (χ4v) is 1.50. The van der Waals surface area contributed by atoms with Gasteiger partial charge in [0.2, 0.25) is 0 Å². The Morgan fingerprint density at radius 1 is 1.64 bits per heavy atom. The lowest BCUT2D eigenvalue weighted by molar-refractivity contribution is 0.490. The molecular formula is C11H17N3. The van der Waals surface area contributed by atoms with Gasteiger partial charge in [-0.3, -0.25) is 0 Å². The highest BCUT2D eigenvalue weighted by atomic mass is 15.1. The number of nitrogens with zero attached hydrogens (tertiary/aromatic N) is 2. The van der Waals surface area contributed by atoms with Crippen molar-refractivity contribution in [3.63, 3.8) is 0 Å². The summed E-state index contributed by atoms with van der Waals surface area (Å²) in [6.07, 6.45) is 9.73. The SMILES string of the molecule is C#CCn1cncc1C(N)CC(C)C. The smallest absolute Gasteiger partial charge is 0.0957 e. The molecule has 0 saturated heterocycles. The molecule has 1 heterocycles. The minimum Gasteiger partial charge on any atom is -0.323 e. The van der Waals surface area contributed by atoms with Crippen LogP contribution in [0.15, 0.2) is 12.5 Å². The van der Waals surface area contributed by atoms with Gasteiger partial charge in [0.15, 0.2) is 0 Å². The van der Waals surface area contributed by atoms with Gasteiger partial charge >= 0.3 is 0 Å². The van der Waals surface area contributed by atoms with Gasteiger partial charge in [0.1, 0.15) is 0 Å². The van der Waals surface area contributed by atoms with Gasteiger partial charge in [0, 0.05) is 12.2 Å². The number of rotatable bonds is 4. The minimum absolute atomic E-state index is 0.0332. The second kappa shape index (κ2) is 4.83. The van der Waals surface area contributed by atoms with Crippen LogP contribution < -0.4 is 5.73 Å². The van der Waals surface area contributed by atoms with Crippen molar-refractivity contribution in [1.29, 1.82) is 0 Å². The highest BCUT2D eigenvalue weighted by molar-refractivity contribution is 5.06. The van der Waals surface area contributed by atoms with Gasteiger partial charge in [-0.25, -0.2) is 4.98 Å². The van der Waals surface area contributed by atoms with Gasteiger partial charge in [-0.2, -0.15) is 0 Å². The molecular weight excluding hydrogens is 174 g/mol. The second-order valence-corrected chi connectivity index (χ2v) is 3.89. The average Bonchev–Trinajstić information content (AvgIpc) is 2.51. The maximum Gasteiger partial charge on any atom is 0.0957 e. The van der Waals surface area contributed by atoms with E-state index in [0.29, 0.717) is 12.5 Å². The normalized spacial score (nSPS) is 12.8. The summed E-state index contributed by atoms with van der Waals surface area (Å²) in [5.41, 5.74) is 7.07. The molecule has 0 fully saturated rings. The molecule has 3 nitrogen and oxygen atoms in total. The van der Waals surface area contributed by atoms with E-state index in [0.717, 1.165) is 12.1 Å². The number of nitrogens with two attached hydrogens (primary N) is 1. The fourth-order valence-electron chi connectivity index (χ4n) is 1.50. The summed E-state index contributed by atoms with van der Waals surface area (Å²) in [4.78, 5) is 4.06. The van der Waals surface area contributed by atoms with Crippen molar-refractivity contribution in [3.05, 3.63) is 18.2 Å². The maximum atomic E-state index is 6.04. The molecule has 14 heavy (non-hydrogen) atoms. The number of imidazole rings is 1. The molecule has 0 aliphatic heterocycles. The van der Waals surface area contributed by atoms with Gasteiger partial charge in [-0.1, -0.05) is 19.8 Å². The molecule has 0 radical (unpaired) electrons. The number of aromatic nitrogens is 2. The summed E-state index contributed by atoms with van der Waals surface area (Å²) in [6.45, 7) is 4.85. The Bertz CT molecular complexity index is 320. The van der Waals surface area contributed by atoms with Crippen molar-refractivity contribution in [2.45, 2.75) is 32.9 Å². The Morgan fingerprint density at radius 3 is 2.93 bits per heavy atom. The lowest BCUT2D eigenvalue weighted by atomic mass is 10.0. The van der Waals surface area contributed by atoms with E-state index in [1.54, 1.807) is 12.5 Å². The van der Waals surface area contributed by atoms with Crippen LogP contribution in [0.3, 0.4) is 0 Å². The molecule has 1 aromatic rings. The predicted octanol–water partition coefficient (Wildman–Crippen LogP) is 1.56. The zero-order valence-corrected chi connectivity index (χ0v) is 8.77. The molecule has 0 spiro atoms.